The molecule has 0 spiro atoms. The molecule has 3 heterocycles. The van der Waals surface area contributed by atoms with Crippen molar-refractivity contribution in [1.29, 1.82) is 0 Å². The molecule has 3 aromatic carbocycles. The van der Waals surface area contributed by atoms with Gasteiger partial charge in [-0.2, -0.15) is 15.3 Å². The smallest absolute Gasteiger partial charge is 0.872 e. The zero-order valence-corrected chi connectivity index (χ0v) is 43.6. The zero-order valence-electron chi connectivity index (χ0n) is 42.6. The molecule has 0 aliphatic rings. The fourth-order valence-corrected chi connectivity index (χ4v) is 7.10. The van der Waals surface area contributed by atoms with E-state index in [1.165, 1.54) is 16.7 Å². The molecule has 3 N–H and O–H groups in total. The molecule has 0 bridgehead atoms. The number of aromatic amines is 3. The molecule has 64 heavy (non-hydrogen) atoms. The molecule has 0 atom stereocenters. The van der Waals surface area contributed by atoms with Crippen LogP contribution in [0.3, 0.4) is 0 Å². The Bertz CT molecular complexity index is 2250. The van der Waals surface area contributed by atoms with Gasteiger partial charge in [0.25, 0.3) is 0 Å². The number of benzene rings is 3. The average Bonchev–Trinajstić information content (AvgIpc) is 3.87. The molecule has 0 saturated heterocycles. The quantitative estimate of drug-likeness (QED) is 0.161. The molecule has 3 aromatic heterocycles. The minimum atomic E-state index is -0.182. The number of rotatable bonds is 3. The minimum Gasteiger partial charge on any atom is -0.872 e. The molecule has 0 aliphatic heterocycles. The van der Waals surface area contributed by atoms with E-state index in [0.717, 1.165) is 50.9 Å². The largest absolute Gasteiger partial charge is 3.00 e. The number of nitrogens with one attached hydrogen (secondary N) is 3. The molecule has 0 aliphatic carbocycles. The summed E-state index contributed by atoms with van der Waals surface area (Å²) in [5, 5.41) is 60.1. The number of H-pyrrole nitrogens is 3. The van der Waals surface area contributed by atoms with E-state index in [1.54, 1.807) is 0 Å². The molecule has 9 nitrogen and oxygen atoms in total. The first-order chi connectivity index (χ1) is 28.5. The van der Waals surface area contributed by atoms with E-state index in [-0.39, 0.29) is 66.5 Å². The first-order valence-electron chi connectivity index (χ1n) is 22.2. The van der Waals surface area contributed by atoms with Gasteiger partial charge in [-0.1, -0.05) is 160 Å². The van der Waals surface area contributed by atoms with E-state index < -0.39 is 0 Å². The summed E-state index contributed by atoms with van der Waals surface area (Å²) in [7, 11) is 0. The van der Waals surface area contributed by atoms with Gasteiger partial charge in [-0.3, -0.25) is 15.3 Å². The van der Waals surface area contributed by atoms with Crippen molar-refractivity contribution in [3.63, 3.8) is 0 Å². The van der Waals surface area contributed by atoms with Gasteiger partial charge in [0.2, 0.25) is 0 Å². The molecule has 0 amide bonds. The fourth-order valence-electron chi connectivity index (χ4n) is 7.10. The zero-order chi connectivity index (χ0) is 48.0. The Morgan fingerprint density at radius 3 is 0.672 bits per heavy atom. The molecular formula is C54H75CoN6O3. The third-order valence-corrected chi connectivity index (χ3v) is 11.2. The molecule has 0 unspecified atom stereocenters. The van der Waals surface area contributed by atoms with Crippen LogP contribution in [0.25, 0.3) is 33.8 Å². The summed E-state index contributed by atoms with van der Waals surface area (Å²) in [6, 6.07) is 17.9. The van der Waals surface area contributed by atoms with E-state index in [4.69, 9.17) is 0 Å². The van der Waals surface area contributed by atoms with Crippen LogP contribution in [0.4, 0.5) is 0 Å². The van der Waals surface area contributed by atoms with Gasteiger partial charge in [0.15, 0.2) is 0 Å². The topological polar surface area (TPSA) is 155 Å². The van der Waals surface area contributed by atoms with E-state index >= 15 is 0 Å². The van der Waals surface area contributed by atoms with E-state index in [1.807, 2.05) is 57.2 Å². The Morgan fingerprint density at radius 2 is 0.531 bits per heavy atom. The number of nitrogens with zero attached hydrogens (tertiary/aromatic N) is 3. The molecule has 0 radical (unpaired) electrons. The molecule has 348 valence electrons. The Labute approximate surface area is 394 Å². The normalized spacial score (nSPS) is 12.5. The van der Waals surface area contributed by atoms with E-state index in [2.05, 4.69) is 173 Å². The van der Waals surface area contributed by atoms with Gasteiger partial charge in [0, 0.05) is 17.1 Å². The summed E-state index contributed by atoms with van der Waals surface area (Å²) in [6.07, 6.45) is 0. The molecule has 0 saturated carbocycles. The van der Waals surface area contributed by atoms with Crippen LogP contribution in [0.15, 0.2) is 54.6 Å². The maximum Gasteiger partial charge on any atom is 3.00 e. The molecular weight excluding hydrogens is 840 g/mol. The Balaban J connectivity index is 0.000000253. The second-order valence-corrected chi connectivity index (χ2v) is 23.5. The van der Waals surface area contributed by atoms with Crippen molar-refractivity contribution in [3.8, 4) is 51.0 Å². The Hall–Kier alpha value is -4.80. The average molecular weight is 915 g/mol. The van der Waals surface area contributed by atoms with Crippen molar-refractivity contribution in [2.75, 3.05) is 0 Å². The van der Waals surface area contributed by atoms with Crippen molar-refractivity contribution >= 4 is 0 Å². The van der Waals surface area contributed by atoms with Crippen LogP contribution in [-0.2, 0) is 49.3 Å². The van der Waals surface area contributed by atoms with Gasteiger partial charge in [0.05, 0.1) is 17.1 Å². The van der Waals surface area contributed by atoms with Gasteiger partial charge in [-0.05, 0) is 140 Å². The van der Waals surface area contributed by atoms with Crippen molar-refractivity contribution in [1.82, 2.24) is 30.6 Å². The summed E-state index contributed by atoms with van der Waals surface area (Å²) in [5.74, 6) is 0.256. The maximum absolute atomic E-state index is 12.9. The monoisotopic (exact) mass is 915 g/mol. The Kier molecular flexibility index (Phi) is 15.9. The SMILES string of the molecule is Cc1cc(-c2cc(C(C)(C)C)cc(C(C)(C)C)c2[O-])n[nH]1.Cc1cc(-c2cc(C(C)(C)C)cc(C(C)(C)C)c2[O-])n[nH]1.Cc1cc(-c2cc(C(C)(C)C)cc(C(C)(C)C)c2[O-])n[nH]1.[Co+3]. The van der Waals surface area contributed by atoms with E-state index in [0.29, 0.717) is 16.7 Å². The van der Waals surface area contributed by atoms with Crippen LogP contribution in [0.5, 0.6) is 17.2 Å². The molecule has 6 rings (SSSR count). The van der Waals surface area contributed by atoms with Crippen LogP contribution in [0.2, 0.25) is 0 Å². The second-order valence-electron chi connectivity index (χ2n) is 23.5. The summed E-state index contributed by atoms with van der Waals surface area (Å²) < 4.78 is 0. The molecule has 6 aromatic rings. The number of aryl methyl sites for hydroxylation is 3. The van der Waals surface area contributed by atoms with Gasteiger partial charge in [-0.15, -0.1) is 0 Å². The third kappa shape index (κ3) is 12.9. The summed E-state index contributed by atoms with van der Waals surface area (Å²) >= 11 is 0. The fraction of sp³-hybridized carbons (Fsp3) is 0.500. The minimum absolute atomic E-state index is 0. The third-order valence-electron chi connectivity index (χ3n) is 11.2. The van der Waals surface area contributed by atoms with Crippen LogP contribution in [0, 0.1) is 20.8 Å². The standard InChI is InChI=1S/3C18H26N2O.Co/c3*1-11-8-15(20-19-11)13-9-12(17(2,3)4)10-14(16(13)21)18(5,6)7;/h3*8-10,21H,1-7H3,(H,19,20);/q;;;+3/p-3. The molecule has 0 fully saturated rings. The van der Waals surface area contributed by atoms with E-state index in [9.17, 15) is 15.3 Å². The summed E-state index contributed by atoms with van der Waals surface area (Å²) in [6.45, 7) is 44.0. The predicted molar refractivity (Wildman–Crippen MR) is 257 cm³/mol. The van der Waals surface area contributed by atoms with Gasteiger partial charge >= 0.3 is 16.8 Å². The first kappa shape index (κ1) is 53.5. The molecule has 10 heteroatoms. The van der Waals surface area contributed by atoms with Gasteiger partial charge in [0.1, 0.15) is 0 Å². The first-order valence-corrected chi connectivity index (χ1v) is 22.2. The van der Waals surface area contributed by atoms with Gasteiger partial charge in [-0.25, -0.2) is 0 Å². The van der Waals surface area contributed by atoms with Crippen molar-refractivity contribution < 1.29 is 32.1 Å². The van der Waals surface area contributed by atoms with Crippen LogP contribution in [0.1, 0.15) is 175 Å². The Morgan fingerprint density at radius 1 is 0.328 bits per heavy atom. The maximum atomic E-state index is 12.9. The van der Waals surface area contributed by atoms with Crippen molar-refractivity contribution in [2.24, 2.45) is 0 Å². The van der Waals surface area contributed by atoms with Crippen molar-refractivity contribution in [2.45, 2.75) is 178 Å². The van der Waals surface area contributed by atoms with Crippen LogP contribution >= 0.6 is 0 Å². The second kappa shape index (κ2) is 19.0. The number of hydrogen-bond acceptors (Lipinski definition) is 6. The van der Waals surface area contributed by atoms with Crippen LogP contribution in [-0.4, -0.2) is 30.6 Å². The number of aromatic nitrogens is 6. The predicted octanol–water partition coefficient (Wildman–Crippen LogP) is 12.2. The van der Waals surface area contributed by atoms with Gasteiger partial charge < -0.3 is 15.3 Å². The van der Waals surface area contributed by atoms with Crippen LogP contribution < -0.4 is 15.3 Å². The van der Waals surface area contributed by atoms with Crippen molar-refractivity contribution in [3.05, 3.63) is 105 Å². The summed E-state index contributed by atoms with van der Waals surface area (Å²) in [5.41, 5.74) is 12.6. The summed E-state index contributed by atoms with van der Waals surface area (Å²) in [4.78, 5) is 0. The number of hydrogen-bond donors (Lipinski definition) is 3.